The van der Waals surface area contributed by atoms with Crippen molar-refractivity contribution in [2.24, 2.45) is 5.92 Å². The zero-order valence-corrected chi connectivity index (χ0v) is 10.6. The largest absolute Gasteiger partial charge is 0.480 e. The Kier molecular flexibility index (Phi) is 4.80. The predicted octanol–water partition coefficient (Wildman–Crippen LogP) is 2.65. The Bertz CT molecular complexity index is 493. The van der Waals surface area contributed by atoms with E-state index >= 15 is 0 Å². The zero-order chi connectivity index (χ0) is 14.6. The van der Waals surface area contributed by atoms with Gasteiger partial charge in [0.15, 0.2) is 0 Å². The van der Waals surface area contributed by atoms with E-state index in [9.17, 15) is 19.3 Å². The Balaban J connectivity index is 3.11. The number of nitro benzene ring substituents is 1. The number of carboxylic acid groups (broad SMARTS) is 1. The summed E-state index contributed by atoms with van der Waals surface area (Å²) in [6.45, 7) is 3.51. The summed E-state index contributed by atoms with van der Waals surface area (Å²) in [4.78, 5) is 21.3. The molecule has 6 nitrogen and oxygen atoms in total. The van der Waals surface area contributed by atoms with Gasteiger partial charge in [-0.25, -0.2) is 9.18 Å². The van der Waals surface area contributed by atoms with E-state index in [2.05, 4.69) is 5.32 Å². The van der Waals surface area contributed by atoms with Gasteiger partial charge in [-0.2, -0.15) is 0 Å². The molecule has 0 amide bonds. The van der Waals surface area contributed by atoms with E-state index in [1.807, 2.05) is 6.92 Å². The van der Waals surface area contributed by atoms with Crippen molar-refractivity contribution in [3.63, 3.8) is 0 Å². The van der Waals surface area contributed by atoms with Crippen molar-refractivity contribution in [3.05, 3.63) is 34.1 Å². The molecule has 0 spiro atoms. The summed E-state index contributed by atoms with van der Waals surface area (Å²) < 4.78 is 13.1. The van der Waals surface area contributed by atoms with Crippen LogP contribution in [0.2, 0.25) is 0 Å². The van der Waals surface area contributed by atoms with Gasteiger partial charge in [-0.1, -0.05) is 20.3 Å². The van der Waals surface area contributed by atoms with Crippen molar-refractivity contribution in [1.29, 1.82) is 0 Å². The van der Waals surface area contributed by atoms with E-state index in [0.717, 1.165) is 18.2 Å². The van der Waals surface area contributed by atoms with E-state index < -0.39 is 22.8 Å². The van der Waals surface area contributed by atoms with Crippen LogP contribution in [0.4, 0.5) is 15.8 Å². The molecule has 0 saturated heterocycles. The molecule has 0 fully saturated rings. The molecule has 2 N–H and O–H groups in total. The quantitative estimate of drug-likeness (QED) is 0.612. The highest BCUT2D eigenvalue weighted by atomic mass is 19.1. The van der Waals surface area contributed by atoms with Gasteiger partial charge in [0.2, 0.25) is 0 Å². The van der Waals surface area contributed by atoms with Crippen molar-refractivity contribution < 1.29 is 19.2 Å². The summed E-state index contributed by atoms with van der Waals surface area (Å²) in [5, 5.41) is 22.5. The summed E-state index contributed by atoms with van der Waals surface area (Å²) in [7, 11) is 0. The number of anilines is 1. The number of carbonyl (C=O) groups is 1. The molecule has 0 aliphatic heterocycles. The number of hydrogen-bond acceptors (Lipinski definition) is 4. The maximum absolute atomic E-state index is 13.1. The third kappa shape index (κ3) is 3.64. The lowest BCUT2D eigenvalue weighted by atomic mass is 9.99. The molecule has 104 valence electrons. The standard InChI is InChI=1S/C12H15FN2O4/c1-3-7(2)11(12(16)17)14-9-6-8(13)4-5-10(9)15(18)19/h4-7,11,14H,3H2,1-2H3,(H,16,17)/t7-,11-/m0/s1. The van der Waals surface area contributed by atoms with E-state index in [-0.39, 0.29) is 17.3 Å². The lowest BCUT2D eigenvalue weighted by Gasteiger charge is -2.21. The summed E-state index contributed by atoms with van der Waals surface area (Å²) in [6, 6.07) is 1.89. The Morgan fingerprint density at radius 1 is 1.58 bits per heavy atom. The second-order valence-electron chi connectivity index (χ2n) is 4.26. The number of nitrogens with zero attached hydrogens (tertiary/aromatic N) is 1. The van der Waals surface area contributed by atoms with Crippen molar-refractivity contribution in [2.45, 2.75) is 26.3 Å². The van der Waals surface area contributed by atoms with Gasteiger partial charge in [0.1, 0.15) is 17.5 Å². The topological polar surface area (TPSA) is 92.5 Å². The van der Waals surface area contributed by atoms with Crippen LogP contribution in [0.25, 0.3) is 0 Å². The van der Waals surface area contributed by atoms with Crippen LogP contribution < -0.4 is 5.32 Å². The summed E-state index contributed by atoms with van der Waals surface area (Å²) >= 11 is 0. The van der Waals surface area contributed by atoms with Gasteiger partial charge < -0.3 is 10.4 Å². The molecule has 19 heavy (non-hydrogen) atoms. The molecule has 0 radical (unpaired) electrons. The van der Waals surface area contributed by atoms with Crippen LogP contribution in [0.1, 0.15) is 20.3 Å². The number of aliphatic carboxylic acids is 1. The van der Waals surface area contributed by atoms with Crippen LogP contribution in [0.3, 0.4) is 0 Å². The minimum atomic E-state index is -1.13. The lowest BCUT2D eigenvalue weighted by Crippen LogP contribution is -2.35. The predicted molar refractivity (Wildman–Crippen MR) is 67.6 cm³/mol. The van der Waals surface area contributed by atoms with Crippen LogP contribution >= 0.6 is 0 Å². The van der Waals surface area contributed by atoms with Crippen molar-refractivity contribution in [1.82, 2.24) is 0 Å². The molecule has 7 heteroatoms. The molecule has 0 heterocycles. The van der Waals surface area contributed by atoms with Crippen LogP contribution in [0.5, 0.6) is 0 Å². The fraction of sp³-hybridized carbons (Fsp3) is 0.417. The minimum Gasteiger partial charge on any atom is -0.480 e. The average Bonchev–Trinajstić information content (AvgIpc) is 2.34. The number of benzene rings is 1. The Morgan fingerprint density at radius 2 is 2.21 bits per heavy atom. The molecule has 0 aliphatic carbocycles. The second-order valence-corrected chi connectivity index (χ2v) is 4.26. The normalized spacial score (nSPS) is 13.6. The number of halogens is 1. The fourth-order valence-electron chi connectivity index (χ4n) is 1.63. The van der Waals surface area contributed by atoms with E-state index in [1.54, 1.807) is 6.92 Å². The van der Waals surface area contributed by atoms with Crippen LogP contribution in [0.15, 0.2) is 18.2 Å². The first-order valence-electron chi connectivity index (χ1n) is 5.80. The Morgan fingerprint density at radius 3 is 2.68 bits per heavy atom. The average molecular weight is 270 g/mol. The third-order valence-electron chi connectivity index (χ3n) is 2.95. The number of carboxylic acids is 1. The Labute approximate surface area is 109 Å². The summed E-state index contributed by atoms with van der Waals surface area (Å²) in [5.74, 6) is -2.05. The lowest BCUT2D eigenvalue weighted by molar-refractivity contribution is -0.384. The molecular formula is C12H15FN2O4. The molecule has 0 aliphatic rings. The number of nitro groups is 1. The van der Waals surface area contributed by atoms with Gasteiger partial charge in [-0.05, 0) is 12.0 Å². The first-order valence-corrected chi connectivity index (χ1v) is 5.80. The molecule has 1 rings (SSSR count). The highest BCUT2D eigenvalue weighted by Crippen LogP contribution is 2.27. The third-order valence-corrected chi connectivity index (χ3v) is 2.95. The molecule has 1 aromatic rings. The van der Waals surface area contributed by atoms with Crippen molar-refractivity contribution in [2.75, 3.05) is 5.32 Å². The summed E-state index contributed by atoms with van der Waals surface area (Å²) in [6.07, 6.45) is 0.576. The van der Waals surface area contributed by atoms with E-state index in [1.165, 1.54) is 0 Å². The highest BCUT2D eigenvalue weighted by molar-refractivity contribution is 5.79. The molecule has 1 aromatic carbocycles. The van der Waals surface area contributed by atoms with Crippen LogP contribution in [0, 0.1) is 21.8 Å². The van der Waals surface area contributed by atoms with Gasteiger partial charge in [-0.15, -0.1) is 0 Å². The van der Waals surface area contributed by atoms with E-state index in [4.69, 9.17) is 5.11 Å². The first-order chi connectivity index (χ1) is 8.86. The molecule has 0 aromatic heterocycles. The number of nitrogens with one attached hydrogen (secondary N) is 1. The number of rotatable bonds is 6. The smallest absolute Gasteiger partial charge is 0.326 e. The molecule has 0 bridgehead atoms. The number of hydrogen-bond donors (Lipinski definition) is 2. The maximum Gasteiger partial charge on any atom is 0.326 e. The van der Waals surface area contributed by atoms with Crippen LogP contribution in [-0.4, -0.2) is 22.0 Å². The molecule has 0 saturated carbocycles. The van der Waals surface area contributed by atoms with Gasteiger partial charge in [0.25, 0.3) is 5.69 Å². The Hall–Kier alpha value is -2.18. The summed E-state index contributed by atoms with van der Waals surface area (Å²) in [5.41, 5.74) is -0.478. The highest BCUT2D eigenvalue weighted by Gasteiger charge is 2.26. The SMILES string of the molecule is CC[C@H](C)[C@H](Nc1cc(F)ccc1[N+](=O)[O-])C(=O)O. The van der Waals surface area contributed by atoms with Crippen LogP contribution in [-0.2, 0) is 4.79 Å². The molecule has 0 unspecified atom stereocenters. The van der Waals surface area contributed by atoms with Gasteiger partial charge in [0, 0.05) is 12.1 Å². The minimum absolute atomic E-state index is 0.127. The monoisotopic (exact) mass is 270 g/mol. The second kappa shape index (κ2) is 6.12. The first kappa shape index (κ1) is 14.9. The molecular weight excluding hydrogens is 255 g/mol. The fourth-order valence-corrected chi connectivity index (χ4v) is 1.63. The van der Waals surface area contributed by atoms with Crippen molar-refractivity contribution >= 4 is 17.3 Å². The van der Waals surface area contributed by atoms with Gasteiger partial charge >= 0.3 is 5.97 Å². The van der Waals surface area contributed by atoms with Gasteiger partial charge in [-0.3, -0.25) is 10.1 Å². The van der Waals surface area contributed by atoms with Gasteiger partial charge in [0.05, 0.1) is 4.92 Å². The maximum atomic E-state index is 13.1. The van der Waals surface area contributed by atoms with E-state index in [0.29, 0.717) is 6.42 Å². The van der Waals surface area contributed by atoms with Crippen molar-refractivity contribution in [3.8, 4) is 0 Å². The zero-order valence-electron chi connectivity index (χ0n) is 10.6. The molecule has 2 atom stereocenters.